The molecule has 2 aromatic carbocycles. The highest BCUT2D eigenvalue weighted by atomic mass is 16.7. The van der Waals surface area contributed by atoms with Gasteiger partial charge in [0, 0.05) is 50.7 Å². The van der Waals surface area contributed by atoms with Crippen LogP contribution in [-0.4, -0.2) is 25.1 Å². The quantitative estimate of drug-likeness (QED) is 0.633. The maximum absolute atomic E-state index is 5.46. The van der Waals surface area contributed by atoms with Crippen LogP contribution < -0.4 is 0 Å². The van der Waals surface area contributed by atoms with Gasteiger partial charge in [-0.2, -0.15) is 0 Å². The lowest BCUT2D eigenvalue weighted by atomic mass is 9.88. The Hall–Kier alpha value is -2.10. The van der Waals surface area contributed by atoms with Crippen molar-refractivity contribution in [2.75, 3.05) is 14.2 Å². The summed E-state index contributed by atoms with van der Waals surface area (Å²) in [5.41, 5.74) is 3.84. The first-order valence-corrected chi connectivity index (χ1v) is 7.89. The average Bonchev–Trinajstić information content (AvgIpc) is 2.94. The van der Waals surface area contributed by atoms with Crippen molar-refractivity contribution in [1.82, 2.24) is 4.57 Å². The molecule has 0 saturated carbocycles. The number of benzene rings is 2. The Bertz CT molecular complexity index is 760. The maximum atomic E-state index is 5.46. The lowest BCUT2D eigenvalue weighted by Crippen LogP contribution is -2.18. The molecule has 0 aliphatic carbocycles. The first-order chi connectivity index (χ1) is 11.2. The molecule has 1 aromatic heterocycles. The fourth-order valence-corrected chi connectivity index (χ4v) is 3.26. The molecular formula is C20H23NO2. The number of hydrogen-bond donors (Lipinski definition) is 0. The molecule has 0 aliphatic heterocycles. The highest BCUT2D eigenvalue weighted by Crippen LogP contribution is 2.35. The Labute approximate surface area is 137 Å². The number of fused-ring (bicyclic) bond motifs is 1. The smallest absolute Gasteiger partial charge is 0.157 e. The van der Waals surface area contributed by atoms with Gasteiger partial charge < -0.3 is 14.0 Å². The third-order valence-electron chi connectivity index (χ3n) is 4.46. The van der Waals surface area contributed by atoms with Crippen LogP contribution in [0.1, 0.15) is 23.5 Å². The molecule has 0 unspecified atom stereocenters. The summed E-state index contributed by atoms with van der Waals surface area (Å²) in [5, 5.41) is 1.29. The molecule has 0 amide bonds. The van der Waals surface area contributed by atoms with E-state index < -0.39 is 0 Å². The second kappa shape index (κ2) is 6.99. The summed E-state index contributed by atoms with van der Waals surface area (Å²) in [6.07, 6.45) is 2.79. The minimum absolute atomic E-state index is 0.223. The molecule has 3 aromatic rings. The molecule has 3 nitrogen and oxygen atoms in total. The SMILES string of the molecule is COC(C[C@@H](c1ccccc1)c1cn(C)c2ccccc12)OC. The zero-order valence-electron chi connectivity index (χ0n) is 13.9. The van der Waals surface area contributed by atoms with Crippen molar-refractivity contribution >= 4 is 10.9 Å². The van der Waals surface area contributed by atoms with Gasteiger partial charge in [-0.15, -0.1) is 0 Å². The average molecular weight is 309 g/mol. The van der Waals surface area contributed by atoms with Crippen molar-refractivity contribution in [3.8, 4) is 0 Å². The fourth-order valence-electron chi connectivity index (χ4n) is 3.26. The molecule has 0 radical (unpaired) electrons. The van der Waals surface area contributed by atoms with Crippen molar-refractivity contribution in [2.45, 2.75) is 18.6 Å². The minimum Gasteiger partial charge on any atom is -0.356 e. The van der Waals surface area contributed by atoms with E-state index in [0.29, 0.717) is 0 Å². The molecule has 1 heterocycles. The van der Waals surface area contributed by atoms with E-state index >= 15 is 0 Å². The van der Waals surface area contributed by atoms with Crippen LogP contribution in [0.2, 0.25) is 0 Å². The summed E-state index contributed by atoms with van der Waals surface area (Å²) in [7, 11) is 5.48. The van der Waals surface area contributed by atoms with E-state index in [9.17, 15) is 0 Å². The molecule has 3 heteroatoms. The Balaban J connectivity index is 2.10. The predicted molar refractivity (Wildman–Crippen MR) is 93.6 cm³/mol. The zero-order chi connectivity index (χ0) is 16.2. The minimum atomic E-state index is -0.223. The van der Waals surface area contributed by atoms with Gasteiger partial charge in [-0.25, -0.2) is 0 Å². The molecule has 23 heavy (non-hydrogen) atoms. The van der Waals surface area contributed by atoms with Crippen LogP contribution in [0.3, 0.4) is 0 Å². The molecule has 0 aliphatic rings. The Morgan fingerprint density at radius 1 is 0.913 bits per heavy atom. The van der Waals surface area contributed by atoms with Gasteiger partial charge in [0.25, 0.3) is 0 Å². The van der Waals surface area contributed by atoms with Crippen LogP contribution in [0.15, 0.2) is 60.8 Å². The van der Waals surface area contributed by atoms with Gasteiger partial charge in [-0.3, -0.25) is 0 Å². The number of ether oxygens (including phenoxy) is 2. The van der Waals surface area contributed by atoms with Crippen molar-refractivity contribution in [1.29, 1.82) is 0 Å². The monoisotopic (exact) mass is 309 g/mol. The van der Waals surface area contributed by atoms with Crippen molar-refractivity contribution in [2.24, 2.45) is 7.05 Å². The van der Waals surface area contributed by atoms with Gasteiger partial charge in [-0.1, -0.05) is 48.5 Å². The number of nitrogens with zero attached hydrogens (tertiary/aromatic N) is 1. The summed E-state index contributed by atoms with van der Waals surface area (Å²) in [5.74, 6) is 0.229. The highest BCUT2D eigenvalue weighted by Gasteiger charge is 2.23. The summed E-state index contributed by atoms with van der Waals surface area (Å²) in [6.45, 7) is 0. The third-order valence-corrected chi connectivity index (χ3v) is 4.46. The zero-order valence-corrected chi connectivity index (χ0v) is 13.9. The van der Waals surface area contributed by atoms with Crippen LogP contribution >= 0.6 is 0 Å². The standard InChI is InChI=1S/C20H23NO2/c1-21-14-18(16-11-7-8-12-19(16)21)17(13-20(22-2)23-3)15-9-5-4-6-10-15/h4-12,14,17,20H,13H2,1-3H3/t17-/m0/s1. The molecule has 3 rings (SSSR count). The van der Waals surface area contributed by atoms with E-state index in [1.54, 1.807) is 14.2 Å². The van der Waals surface area contributed by atoms with Crippen molar-refractivity contribution in [3.05, 3.63) is 71.9 Å². The van der Waals surface area contributed by atoms with Crippen LogP contribution in [0.25, 0.3) is 10.9 Å². The summed E-state index contributed by atoms with van der Waals surface area (Å²) < 4.78 is 13.1. The molecule has 0 saturated heterocycles. The number of rotatable bonds is 6. The van der Waals surface area contributed by atoms with Crippen molar-refractivity contribution < 1.29 is 9.47 Å². The Morgan fingerprint density at radius 2 is 1.57 bits per heavy atom. The van der Waals surface area contributed by atoms with Crippen LogP contribution in [0, 0.1) is 0 Å². The lowest BCUT2D eigenvalue weighted by molar-refractivity contribution is -0.108. The van der Waals surface area contributed by atoms with Gasteiger partial charge in [-0.05, 0) is 17.2 Å². The molecular weight excluding hydrogens is 286 g/mol. The molecule has 0 spiro atoms. The molecule has 1 atom stereocenters. The third kappa shape index (κ3) is 3.16. The van der Waals surface area contributed by atoms with E-state index in [2.05, 4.69) is 66.3 Å². The van der Waals surface area contributed by atoms with Gasteiger partial charge in [0.05, 0.1) is 0 Å². The lowest BCUT2D eigenvalue weighted by Gasteiger charge is -2.22. The van der Waals surface area contributed by atoms with E-state index in [0.717, 1.165) is 6.42 Å². The topological polar surface area (TPSA) is 23.4 Å². The first kappa shape index (κ1) is 15.8. The van der Waals surface area contributed by atoms with Crippen LogP contribution in [0.4, 0.5) is 0 Å². The van der Waals surface area contributed by atoms with Gasteiger partial charge in [0.15, 0.2) is 6.29 Å². The Morgan fingerprint density at radius 3 is 2.26 bits per heavy atom. The number of aromatic nitrogens is 1. The van der Waals surface area contributed by atoms with E-state index in [1.165, 1.54) is 22.0 Å². The second-order valence-corrected chi connectivity index (χ2v) is 5.81. The van der Waals surface area contributed by atoms with Gasteiger partial charge in [0.1, 0.15) is 0 Å². The van der Waals surface area contributed by atoms with Gasteiger partial charge in [0.2, 0.25) is 0 Å². The summed E-state index contributed by atoms with van der Waals surface area (Å²) in [4.78, 5) is 0. The van der Waals surface area contributed by atoms with Crippen molar-refractivity contribution in [3.63, 3.8) is 0 Å². The largest absolute Gasteiger partial charge is 0.356 e. The van der Waals surface area contributed by atoms with Crippen LogP contribution in [-0.2, 0) is 16.5 Å². The normalized spacial score (nSPS) is 12.9. The van der Waals surface area contributed by atoms with E-state index in [1.807, 2.05) is 6.07 Å². The predicted octanol–water partition coefficient (Wildman–Crippen LogP) is 4.32. The van der Waals surface area contributed by atoms with E-state index in [-0.39, 0.29) is 12.2 Å². The van der Waals surface area contributed by atoms with Gasteiger partial charge >= 0.3 is 0 Å². The van der Waals surface area contributed by atoms with Crippen LogP contribution in [0.5, 0.6) is 0 Å². The molecule has 0 fully saturated rings. The highest BCUT2D eigenvalue weighted by molar-refractivity contribution is 5.85. The number of methoxy groups -OCH3 is 2. The van der Waals surface area contributed by atoms with E-state index in [4.69, 9.17) is 9.47 Å². The molecule has 0 N–H and O–H groups in total. The summed E-state index contributed by atoms with van der Waals surface area (Å²) >= 11 is 0. The second-order valence-electron chi connectivity index (χ2n) is 5.81. The first-order valence-electron chi connectivity index (χ1n) is 7.89. The molecule has 0 bridgehead atoms. The number of para-hydroxylation sites is 1. The fraction of sp³-hybridized carbons (Fsp3) is 0.300. The number of aryl methyl sites for hydroxylation is 1. The summed E-state index contributed by atoms with van der Waals surface area (Å²) in [6, 6.07) is 19.1. The maximum Gasteiger partial charge on any atom is 0.157 e. The number of hydrogen-bond acceptors (Lipinski definition) is 2. The molecule has 120 valence electrons. The Kier molecular flexibility index (Phi) is 4.79.